The monoisotopic (exact) mass is 280 g/mol. The van der Waals surface area contributed by atoms with E-state index in [1.165, 1.54) is 0 Å². The van der Waals surface area contributed by atoms with Crippen molar-refractivity contribution in [2.75, 3.05) is 13.2 Å². The number of nitrogens with zero attached hydrogens (tertiary/aromatic N) is 1. The summed E-state index contributed by atoms with van der Waals surface area (Å²) in [5.41, 5.74) is 0. The zero-order valence-electron chi connectivity index (χ0n) is 10.8. The molecule has 19 heavy (non-hydrogen) atoms. The van der Waals surface area contributed by atoms with Crippen molar-refractivity contribution >= 4 is 12.0 Å². The summed E-state index contributed by atoms with van der Waals surface area (Å²) in [6, 6.07) is 0. The van der Waals surface area contributed by atoms with Gasteiger partial charge in [0.25, 0.3) is 0 Å². The SMILES string of the molecule is CC(C)C(=O)CON=CC([18F])C(O)C(O)C(O)CO. The van der Waals surface area contributed by atoms with Crippen LogP contribution in [-0.4, -0.2) is 70.1 Å². The maximum atomic E-state index is 13.3. The molecule has 112 valence electrons. The number of alkyl halides is 1. The molecular weight excluding hydrogens is 260 g/mol. The predicted octanol–water partition coefficient (Wildman–Crippen LogP) is -1.37. The summed E-state index contributed by atoms with van der Waals surface area (Å²) in [6.45, 7) is 2.20. The highest BCUT2D eigenvalue weighted by atomic mass is 18.2. The molecule has 0 aliphatic rings. The van der Waals surface area contributed by atoms with Crippen LogP contribution in [0.3, 0.4) is 0 Å². The number of carbonyl (C=O) groups is 1. The lowest BCUT2D eigenvalue weighted by atomic mass is 10.1. The van der Waals surface area contributed by atoms with Gasteiger partial charge in [0.2, 0.25) is 0 Å². The summed E-state index contributed by atoms with van der Waals surface area (Å²) in [4.78, 5) is 15.6. The highest BCUT2D eigenvalue weighted by Gasteiger charge is 2.30. The van der Waals surface area contributed by atoms with Crippen molar-refractivity contribution in [3.63, 3.8) is 0 Å². The van der Waals surface area contributed by atoms with Crippen molar-refractivity contribution in [3.05, 3.63) is 0 Å². The van der Waals surface area contributed by atoms with Gasteiger partial charge in [-0.25, -0.2) is 4.39 Å². The van der Waals surface area contributed by atoms with Gasteiger partial charge in [-0.1, -0.05) is 19.0 Å². The van der Waals surface area contributed by atoms with Crippen molar-refractivity contribution in [2.24, 2.45) is 11.1 Å². The Labute approximate surface area is 110 Å². The van der Waals surface area contributed by atoms with E-state index in [-0.39, 0.29) is 18.3 Å². The minimum atomic E-state index is -2.11. The van der Waals surface area contributed by atoms with Gasteiger partial charge in [0.15, 0.2) is 18.6 Å². The largest absolute Gasteiger partial charge is 0.394 e. The minimum absolute atomic E-state index is 0.219. The molecule has 0 aromatic heterocycles. The van der Waals surface area contributed by atoms with Gasteiger partial charge in [-0.2, -0.15) is 0 Å². The lowest BCUT2D eigenvalue weighted by molar-refractivity contribution is -0.126. The summed E-state index contributed by atoms with van der Waals surface area (Å²) < 4.78 is 13.3. The minimum Gasteiger partial charge on any atom is -0.394 e. The van der Waals surface area contributed by atoms with Gasteiger partial charge in [0, 0.05) is 5.92 Å². The van der Waals surface area contributed by atoms with Crippen LogP contribution in [0.25, 0.3) is 0 Å². The Kier molecular flexibility index (Phi) is 8.41. The van der Waals surface area contributed by atoms with E-state index in [0.717, 1.165) is 0 Å². The van der Waals surface area contributed by atoms with Crippen LogP contribution in [0.2, 0.25) is 0 Å². The summed E-state index contributed by atoms with van der Waals surface area (Å²) in [7, 11) is 0. The van der Waals surface area contributed by atoms with Gasteiger partial charge in [0.1, 0.15) is 18.3 Å². The summed E-state index contributed by atoms with van der Waals surface area (Å²) in [6.07, 6.45) is -7.03. The van der Waals surface area contributed by atoms with Crippen LogP contribution in [0, 0.1) is 5.92 Å². The van der Waals surface area contributed by atoms with E-state index in [1.54, 1.807) is 13.8 Å². The smallest absolute Gasteiger partial charge is 0.175 e. The van der Waals surface area contributed by atoms with Gasteiger partial charge in [-0.3, -0.25) is 4.79 Å². The number of Topliss-reactive ketones (excluding diaryl/α,β-unsaturated/α-hetero) is 1. The molecule has 4 unspecified atom stereocenters. The Hall–Kier alpha value is -1.09. The first-order valence-corrected chi connectivity index (χ1v) is 5.78. The number of carbonyl (C=O) groups excluding carboxylic acids is 1. The lowest BCUT2D eigenvalue weighted by Crippen LogP contribution is -2.44. The molecule has 0 aromatic rings. The average Bonchev–Trinajstić information content (AvgIpc) is 2.39. The fourth-order valence-corrected chi connectivity index (χ4v) is 0.981. The molecule has 7 nitrogen and oxygen atoms in total. The van der Waals surface area contributed by atoms with Gasteiger partial charge >= 0.3 is 0 Å². The molecule has 0 aliphatic carbocycles. The van der Waals surface area contributed by atoms with Crippen molar-refractivity contribution in [3.8, 4) is 0 Å². The molecule has 0 fully saturated rings. The lowest BCUT2D eigenvalue weighted by Gasteiger charge is -2.22. The molecule has 0 saturated heterocycles. The van der Waals surface area contributed by atoms with Crippen LogP contribution >= 0.6 is 0 Å². The Bertz CT molecular complexity index is 299. The zero-order valence-corrected chi connectivity index (χ0v) is 10.8. The molecule has 0 saturated carbocycles. The fraction of sp³-hybridized carbons (Fsp3) is 0.818. The molecule has 8 heteroatoms. The van der Waals surface area contributed by atoms with E-state index in [1.807, 2.05) is 0 Å². The number of hydrogen-bond donors (Lipinski definition) is 4. The number of oxime groups is 1. The third-order valence-electron chi connectivity index (χ3n) is 2.39. The molecule has 0 bridgehead atoms. The molecule has 0 radical (unpaired) electrons. The third-order valence-corrected chi connectivity index (χ3v) is 2.39. The second kappa shape index (κ2) is 8.92. The van der Waals surface area contributed by atoms with Gasteiger partial charge < -0.3 is 25.3 Å². The standard InChI is InChI=1S/C11H20FNO6/c1-6(2)9(16)5-19-13-3-7(12)10(17)11(18)8(15)4-14/h3,6-8,10-11,14-15,17-18H,4-5H2,1-2H3/i12-1. The van der Waals surface area contributed by atoms with Crippen LogP contribution in [0.1, 0.15) is 13.8 Å². The second-order valence-electron chi connectivity index (χ2n) is 4.32. The molecule has 0 aromatic carbocycles. The molecule has 4 atom stereocenters. The van der Waals surface area contributed by atoms with E-state index in [4.69, 9.17) is 10.2 Å². The summed E-state index contributed by atoms with van der Waals surface area (Å²) in [5.74, 6) is -0.452. The van der Waals surface area contributed by atoms with Crippen LogP contribution in [0.15, 0.2) is 5.16 Å². The van der Waals surface area contributed by atoms with Gasteiger partial charge in [0.05, 0.1) is 12.8 Å². The Balaban J connectivity index is 4.15. The normalized spacial score (nSPS) is 18.3. The zero-order chi connectivity index (χ0) is 15.0. The Morgan fingerprint density at radius 1 is 1.32 bits per heavy atom. The first kappa shape index (κ1) is 17.9. The molecule has 0 amide bonds. The fourth-order valence-electron chi connectivity index (χ4n) is 0.981. The maximum absolute atomic E-state index is 13.3. The topological polar surface area (TPSA) is 120 Å². The quantitative estimate of drug-likeness (QED) is 0.305. The molecule has 0 heterocycles. The van der Waals surface area contributed by atoms with E-state index >= 15 is 0 Å². The number of ketones is 1. The van der Waals surface area contributed by atoms with E-state index in [0.29, 0.717) is 6.21 Å². The van der Waals surface area contributed by atoms with Crippen molar-refractivity contribution < 1.29 is 34.4 Å². The molecular formula is C11H20FNO6. The van der Waals surface area contributed by atoms with Crippen molar-refractivity contribution in [2.45, 2.75) is 38.3 Å². The number of aliphatic hydroxyl groups excluding tert-OH is 4. The summed E-state index contributed by atoms with van der Waals surface area (Å²) >= 11 is 0. The predicted molar refractivity (Wildman–Crippen MR) is 64.3 cm³/mol. The molecule has 0 aliphatic heterocycles. The van der Waals surface area contributed by atoms with Crippen LogP contribution in [0.5, 0.6) is 0 Å². The van der Waals surface area contributed by atoms with E-state index in [2.05, 4.69) is 9.99 Å². The van der Waals surface area contributed by atoms with Crippen molar-refractivity contribution in [1.82, 2.24) is 0 Å². The first-order valence-electron chi connectivity index (χ1n) is 5.78. The third kappa shape index (κ3) is 6.58. The average molecular weight is 280 g/mol. The highest BCUT2D eigenvalue weighted by molar-refractivity contribution is 5.81. The van der Waals surface area contributed by atoms with Crippen LogP contribution in [0.4, 0.5) is 4.39 Å². The van der Waals surface area contributed by atoms with Gasteiger partial charge in [-0.05, 0) is 0 Å². The Morgan fingerprint density at radius 2 is 1.89 bits per heavy atom. The van der Waals surface area contributed by atoms with Crippen molar-refractivity contribution in [1.29, 1.82) is 0 Å². The maximum Gasteiger partial charge on any atom is 0.175 e. The first-order chi connectivity index (χ1) is 8.81. The Morgan fingerprint density at radius 3 is 2.37 bits per heavy atom. The van der Waals surface area contributed by atoms with Gasteiger partial charge in [-0.15, -0.1) is 0 Å². The molecule has 0 rings (SSSR count). The number of halogens is 1. The van der Waals surface area contributed by atoms with Crippen LogP contribution in [-0.2, 0) is 9.63 Å². The van der Waals surface area contributed by atoms with E-state index < -0.39 is 31.1 Å². The molecule has 4 N–H and O–H groups in total. The van der Waals surface area contributed by atoms with E-state index in [9.17, 15) is 19.4 Å². The number of hydrogen-bond acceptors (Lipinski definition) is 7. The summed E-state index contributed by atoms with van der Waals surface area (Å²) in [5, 5.41) is 39.2. The highest BCUT2D eigenvalue weighted by Crippen LogP contribution is 2.06. The van der Waals surface area contributed by atoms with Crippen LogP contribution < -0.4 is 0 Å². The number of aliphatic hydroxyl groups is 4. The second-order valence-corrected chi connectivity index (χ2v) is 4.32. The number of rotatable bonds is 9. The molecule has 0 spiro atoms.